The van der Waals surface area contributed by atoms with Crippen molar-refractivity contribution in [3.63, 3.8) is 0 Å². The topological polar surface area (TPSA) is 66.8 Å². The summed E-state index contributed by atoms with van der Waals surface area (Å²) in [6, 6.07) is 7.39. The van der Waals surface area contributed by atoms with E-state index in [9.17, 15) is 14.7 Å². The number of aliphatic hydroxyl groups is 1. The van der Waals surface area contributed by atoms with Gasteiger partial charge < -0.3 is 14.7 Å². The second-order valence-corrected chi connectivity index (χ2v) is 6.61. The van der Waals surface area contributed by atoms with Gasteiger partial charge in [0, 0.05) is 26.7 Å². The second-order valence-electron chi connectivity index (χ2n) is 6.61. The molecule has 136 valence electrons. The fourth-order valence-electron chi connectivity index (χ4n) is 3.15. The minimum atomic E-state index is -0.530. The van der Waals surface area contributed by atoms with Crippen molar-refractivity contribution in [2.45, 2.75) is 45.6 Å². The summed E-state index contributed by atoms with van der Waals surface area (Å²) in [5.74, 6) is -0.691. The van der Waals surface area contributed by atoms with Crippen molar-refractivity contribution in [3.8, 4) is 0 Å². The Morgan fingerprint density at radius 3 is 2.44 bits per heavy atom. The molecule has 0 bridgehead atoms. The predicted octanol–water partition coefficient (Wildman–Crippen LogP) is 3.52. The lowest BCUT2D eigenvalue weighted by Crippen LogP contribution is -2.32. The van der Waals surface area contributed by atoms with Crippen LogP contribution in [0.3, 0.4) is 0 Å². The van der Waals surface area contributed by atoms with Gasteiger partial charge in [-0.15, -0.1) is 0 Å². The van der Waals surface area contributed by atoms with Crippen molar-refractivity contribution in [1.82, 2.24) is 4.90 Å². The number of ketones is 1. The smallest absolute Gasteiger partial charge is 0.290 e. The van der Waals surface area contributed by atoms with E-state index in [1.54, 1.807) is 18.9 Å². The van der Waals surface area contributed by atoms with E-state index in [1.165, 1.54) is 5.56 Å². The molecule has 1 aromatic carbocycles. The third-order valence-electron chi connectivity index (χ3n) is 4.59. The van der Waals surface area contributed by atoms with Crippen LogP contribution in [-0.2, 0) is 14.3 Å². The van der Waals surface area contributed by atoms with Crippen molar-refractivity contribution in [1.29, 1.82) is 0 Å². The fourth-order valence-corrected chi connectivity index (χ4v) is 3.15. The van der Waals surface area contributed by atoms with Crippen LogP contribution < -0.4 is 0 Å². The van der Waals surface area contributed by atoms with Gasteiger partial charge in [0.1, 0.15) is 0 Å². The molecule has 0 aromatic heterocycles. The number of carbonyl (C=O) groups is 2. The maximum atomic E-state index is 12.5. The number of ether oxygens (including phenoxy) is 1. The molecule has 1 unspecified atom stereocenters. The summed E-state index contributed by atoms with van der Waals surface area (Å²) in [5, 5.41) is 10.3. The highest BCUT2D eigenvalue weighted by Gasteiger charge is 2.42. The van der Waals surface area contributed by atoms with Crippen LogP contribution in [0.15, 0.2) is 35.6 Å². The SMILES string of the molecule is CCC(=O)C1=C(O)C(=O)N(CCCOC)C1c1ccc(C(C)C)cc1. The van der Waals surface area contributed by atoms with Gasteiger partial charge >= 0.3 is 0 Å². The summed E-state index contributed by atoms with van der Waals surface area (Å²) in [6.07, 6.45) is 0.892. The lowest BCUT2D eigenvalue weighted by Gasteiger charge is -2.27. The summed E-state index contributed by atoms with van der Waals surface area (Å²) in [5.41, 5.74) is 2.24. The van der Waals surface area contributed by atoms with E-state index >= 15 is 0 Å². The quantitative estimate of drug-likeness (QED) is 0.732. The maximum absolute atomic E-state index is 12.5. The number of carbonyl (C=O) groups excluding carboxylic acids is 2. The molecule has 1 amide bonds. The molecule has 0 saturated heterocycles. The van der Waals surface area contributed by atoms with Crippen LogP contribution >= 0.6 is 0 Å². The third kappa shape index (κ3) is 3.93. The van der Waals surface area contributed by atoms with Crippen molar-refractivity contribution in [2.75, 3.05) is 20.3 Å². The van der Waals surface area contributed by atoms with E-state index in [0.29, 0.717) is 25.5 Å². The van der Waals surface area contributed by atoms with Crippen LogP contribution in [0.25, 0.3) is 0 Å². The largest absolute Gasteiger partial charge is 0.503 e. The number of benzene rings is 1. The van der Waals surface area contributed by atoms with E-state index in [0.717, 1.165) is 5.56 Å². The van der Waals surface area contributed by atoms with E-state index < -0.39 is 17.7 Å². The van der Waals surface area contributed by atoms with Gasteiger partial charge in [-0.25, -0.2) is 0 Å². The normalized spacial score (nSPS) is 17.7. The lowest BCUT2D eigenvalue weighted by atomic mass is 9.93. The highest BCUT2D eigenvalue weighted by molar-refractivity contribution is 6.08. The number of aliphatic hydroxyl groups excluding tert-OH is 1. The molecule has 1 aromatic rings. The Labute approximate surface area is 149 Å². The van der Waals surface area contributed by atoms with Crippen molar-refractivity contribution >= 4 is 11.7 Å². The Morgan fingerprint density at radius 2 is 1.92 bits per heavy atom. The minimum Gasteiger partial charge on any atom is -0.503 e. The Bertz CT molecular complexity index is 661. The molecule has 1 N–H and O–H groups in total. The first-order valence-corrected chi connectivity index (χ1v) is 8.78. The van der Waals surface area contributed by atoms with Crippen LogP contribution in [-0.4, -0.2) is 42.0 Å². The van der Waals surface area contributed by atoms with Crippen LogP contribution in [0.1, 0.15) is 56.7 Å². The molecule has 0 aliphatic carbocycles. The average Bonchev–Trinajstić information content (AvgIpc) is 2.86. The number of hydrogen-bond donors (Lipinski definition) is 1. The summed E-state index contributed by atoms with van der Waals surface area (Å²) in [4.78, 5) is 26.5. The number of nitrogens with zero attached hydrogens (tertiary/aromatic N) is 1. The Balaban J connectivity index is 2.41. The van der Waals surface area contributed by atoms with Crippen molar-refractivity contribution < 1.29 is 19.4 Å². The van der Waals surface area contributed by atoms with Crippen molar-refractivity contribution in [3.05, 3.63) is 46.7 Å². The van der Waals surface area contributed by atoms with Crippen LogP contribution in [0.5, 0.6) is 0 Å². The first-order chi connectivity index (χ1) is 11.9. The number of methoxy groups -OCH3 is 1. The minimum absolute atomic E-state index is 0.196. The summed E-state index contributed by atoms with van der Waals surface area (Å²) in [6.45, 7) is 6.90. The van der Waals surface area contributed by atoms with Gasteiger partial charge in [-0.2, -0.15) is 0 Å². The van der Waals surface area contributed by atoms with Gasteiger partial charge in [0.25, 0.3) is 5.91 Å². The fraction of sp³-hybridized carbons (Fsp3) is 0.500. The monoisotopic (exact) mass is 345 g/mol. The number of Topliss-reactive ketones (excluding diaryl/α,β-unsaturated/α-hetero) is 1. The van der Waals surface area contributed by atoms with Gasteiger partial charge in [0.05, 0.1) is 11.6 Å². The predicted molar refractivity (Wildman–Crippen MR) is 96.4 cm³/mol. The second kappa shape index (κ2) is 8.30. The van der Waals surface area contributed by atoms with Gasteiger partial charge in [-0.1, -0.05) is 45.0 Å². The molecular formula is C20H27NO4. The number of hydrogen-bond acceptors (Lipinski definition) is 4. The average molecular weight is 345 g/mol. The number of rotatable bonds is 8. The zero-order chi connectivity index (χ0) is 18.6. The third-order valence-corrected chi connectivity index (χ3v) is 4.59. The summed E-state index contributed by atoms with van der Waals surface area (Å²) < 4.78 is 5.06. The molecule has 1 atom stereocenters. The zero-order valence-corrected chi connectivity index (χ0v) is 15.4. The molecule has 25 heavy (non-hydrogen) atoms. The molecule has 0 spiro atoms. The molecule has 5 nitrogen and oxygen atoms in total. The highest BCUT2D eigenvalue weighted by atomic mass is 16.5. The first-order valence-electron chi connectivity index (χ1n) is 8.78. The van der Waals surface area contributed by atoms with E-state index in [-0.39, 0.29) is 17.8 Å². The molecule has 2 rings (SSSR count). The van der Waals surface area contributed by atoms with Gasteiger partial charge in [-0.3, -0.25) is 9.59 Å². The molecule has 1 aliphatic heterocycles. The van der Waals surface area contributed by atoms with Crippen molar-refractivity contribution in [2.24, 2.45) is 0 Å². The molecule has 0 saturated carbocycles. The van der Waals surface area contributed by atoms with E-state index in [2.05, 4.69) is 13.8 Å². The standard InChI is InChI=1S/C20H27NO4/c1-5-16(22)17-18(15-9-7-14(8-10-15)13(2)3)21(11-6-12-25-4)20(24)19(17)23/h7-10,13,18,23H,5-6,11-12H2,1-4H3. The molecule has 1 aliphatic rings. The summed E-state index contributed by atoms with van der Waals surface area (Å²) >= 11 is 0. The molecular weight excluding hydrogens is 318 g/mol. The van der Waals surface area contributed by atoms with E-state index in [4.69, 9.17) is 4.74 Å². The Kier molecular flexibility index (Phi) is 6.37. The molecule has 0 radical (unpaired) electrons. The Hall–Kier alpha value is -2.14. The van der Waals surface area contributed by atoms with Gasteiger partial charge in [-0.05, 0) is 23.5 Å². The zero-order valence-electron chi connectivity index (χ0n) is 15.4. The van der Waals surface area contributed by atoms with E-state index in [1.807, 2.05) is 24.3 Å². The molecule has 1 heterocycles. The Morgan fingerprint density at radius 1 is 1.28 bits per heavy atom. The number of amides is 1. The summed E-state index contributed by atoms with van der Waals surface area (Å²) in [7, 11) is 1.61. The highest BCUT2D eigenvalue weighted by Crippen LogP contribution is 2.38. The van der Waals surface area contributed by atoms with Crippen LogP contribution in [0.4, 0.5) is 0 Å². The lowest BCUT2D eigenvalue weighted by molar-refractivity contribution is -0.129. The van der Waals surface area contributed by atoms with Gasteiger partial charge in [0.15, 0.2) is 11.5 Å². The van der Waals surface area contributed by atoms with Crippen LogP contribution in [0.2, 0.25) is 0 Å². The first kappa shape index (κ1) is 19.2. The molecule has 5 heteroatoms. The van der Waals surface area contributed by atoms with Crippen LogP contribution in [0, 0.1) is 0 Å². The van der Waals surface area contributed by atoms with Gasteiger partial charge in [0.2, 0.25) is 0 Å². The molecule has 0 fully saturated rings. The maximum Gasteiger partial charge on any atom is 0.290 e.